The molecule has 2 heterocycles. The molecule has 156 valence electrons. The van der Waals surface area contributed by atoms with Gasteiger partial charge in [-0.15, -0.1) is 5.10 Å². The second-order valence-corrected chi connectivity index (χ2v) is 7.47. The first-order valence-corrected chi connectivity index (χ1v) is 10.5. The Hall–Kier alpha value is -3.11. The number of anilines is 2. The van der Waals surface area contributed by atoms with Gasteiger partial charge >= 0.3 is 0 Å². The molecule has 0 bridgehead atoms. The van der Waals surface area contributed by atoms with Gasteiger partial charge in [0.1, 0.15) is 11.4 Å². The van der Waals surface area contributed by atoms with Gasteiger partial charge in [-0.3, -0.25) is 4.79 Å². The summed E-state index contributed by atoms with van der Waals surface area (Å²) < 4.78 is 12.3. The molecule has 0 atom stereocenters. The summed E-state index contributed by atoms with van der Waals surface area (Å²) in [5, 5.41) is 15.2. The molecule has 9 nitrogen and oxygen atoms in total. The van der Waals surface area contributed by atoms with E-state index in [-0.39, 0.29) is 11.7 Å². The van der Waals surface area contributed by atoms with Crippen molar-refractivity contribution in [3.63, 3.8) is 0 Å². The fourth-order valence-electron chi connectivity index (χ4n) is 3.13. The van der Waals surface area contributed by atoms with Crippen molar-refractivity contribution in [1.82, 2.24) is 20.2 Å². The van der Waals surface area contributed by atoms with Crippen LogP contribution in [0, 0.1) is 0 Å². The SMILES string of the molecule is COc1ccccc1-n1nnnc1SCC(=O)Nc1ccc(N2CCOCC2)cc1. The van der Waals surface area contributed by atoms with E-state index in [1.165, 1.54) is 11.8 Å². The van der Waals surface area contributed by atoms with Crippen molar-refractivity contribution < 1.29 is 14.3 Å². The molecule has 1 fully saturated rings. The molecule has 10 heteroatoms. The van der Waals surface area contributed by atoms with Gasteiger partial charge in [-0.25, -0.2) is 0 Å². The van der Waals surface area contributed by atoms with E-state index in [1.807, 2.05) is 48.5 Å². The molecule has 0 unspecified atom stereocenters. The Morgan fingerprint density at radius 1 is 1.17 bits per heavy atom. The van der Waals surface area contributed by atoms with E-state index < -0.39 is 0 Å². The molecule has 1 saturated heterocycles. The van der Waals surface area contributed by atoms with Crippen LogP contribution in [0.15, 0.2) is 53.7 Å². The van der Waals surface area contributed by atoms with Crippen molar-refractivity contribution in [2.45, 2.75) is 5.16 Å². The second-order valence-electron chi connectivity index (χ2n) is 6.53. The molecule has 0 saturated carbocycles. The van der Waals surface area contributed by atoms with Gasteiger partial charge in [0.15, 0.2) is 0 Å². The Kier molecular flexibility index (Phi) is 6.45. The van der Waals surface area contributed by atoms with Crippen LogP contribution in [0.3, 0.4) is 0 Å². The first kappa shape index (κ1) is 20.2. The molecule has 3 aromatic rings. The summed E-state index contributed by atoms with van der Waals surface area (Å²) in [6.07, 6.45) is 0. The highest BCUT2D eigenvalue weighted by molar-refractivity contribution is 7.99. The third-order valence-corrected chi connectivity index (χ3v) is 5.53. The number of rotatable bonds is 7. The number of para-hydroxylation sites is 2. The Balaban J connectivity index is 1.35. The summed E-state index contributed by atoms with van der Waals surface area (Å²) >= 11 is 1.26. The van der Waals surface area contributed by atoms with Crippen molar-refractivity contribution in [3.05, 3.63) is 48.5 Å². The number of morpholine rings is 1. The number of hydrogen-bond donors (Lipinski definition) is 1. The van der Waals surface area contributed by atoms with Crippen LogP contribution in [0.1, 0.15) is 0 Å². The Morgan fingerprint density at radius 2 is 1.93 bits per heavy atom. The molecule has 0 spiro atoms. The fraction of sp³-hybridized carbons (Fsp3) is 0.300. The van der Waals surface area contributed by atoms with E-state index in [2.05, 4.69) is 25.7 Å². The van der Waals surface area contributed by atoms with E-state index in [4.69, 9.17) is 9.47 Å². The van der Waals surface area contributed by atoms with Gasteiger partial charge in [0.2, 0.25) is 11.1 Å². The first-order chi connectivity index (χ1) is 14.7. The highest BCUT2D eigenvalue weighted by Crippen LogP contribution is 2.26. The molecule has 1 amide bonds. The Labute approximate surface area is 178 Å². The maximum absolute atomic E-state index is 12.4. The van der Waals surface area contributed by atoms with Gasteiger partial charge in [0.05, 0.1) is 26.1 Å². The highest BCUT2D eigenvalue weighted by Gasteiger charge is 2.15. The maximum Gasteiger partial charge on any atom is 0.234 e. The molecule has 1 aromatic heterocycles. The maximum atomic E-state index is 12.4. The molecule has 30 heavy (non-hydrogen) atoms. The van der Waals surface area contributed by atoms with Gasteiger partial charge in [-0.2, -0.15) is 4.68 Å². The number of thioether (sulfide) groups is 1. The molecular weight excluding hydrogens is 404 g/mol. The second kappa shape index (κ2) is 9.59. The third-order valence-electron chi connectivity index (χ3n) is 4.61. The zero-order chi connectivity index (χ0) is 20.8. The number of methoxy groups -OCH3 is 1. The standard InChI is InChI=1S/C20H22N6O3S/c1-28-18-5-3-2-4-17(18)26-20(22-23-24-26)30-14-19(27)21-15-6-8-16(9-7-15)25-10-12-29-13-11-25/h2-9H,10-14H2,1H3,(H,21,27). The van der Waals surface area contributed by atoms with Crippen LogP contribution in [0.5, 0.6) is 5.75 Å². The van der Waals surface area contributed by atoms with Gasteiger partial charge in [-0.05, 0) is 46.8 Å². The normalized spacial score (nSPS) is 13.8. The predicted molar refractivity (Wildman–Crippen MR) is 115 cm³/mol. The van der Waals surface area contributed by atoms with Crippen LogP contribution in [-0.2, 0) is 9.53 Å². The summed E-state index contributed by atoms with van der Waals surface area (Å²) in [7, 11) is 1.59. The number of carbonyl (C=O) groups is 1. The zero-order valence-electron chi connectivity index (χ0n) is 16.5. The van der Waals surface area contributed by atoms with Gasteiger partial charge in [0, 0.05) is 24.5 Å². The summed E-state index contributed by atoms with van der Waals surface area (Å²) in [5.74, 6) is 0.700. The van der Waals surface area contributed by atoms with Crippen LogP contribution in [0.2, 0.25) is 0 Å². The monoisotopic (exact) mass is 426 g/mol. The lowest BCUT2D eigenvalue weighted by Gasteiger charge is -2.28. The number of hydrogen-bond acceptors (Lipinski definition) is 8. The fourth-order valence-corrected chi connectivity index (χ4v) is 3.81. The van der Waals surface area contributed by atoms with Crippen LogP contribution in [0.25, 0.3) is 5.69 Å². The number of nitrogens with one attached hydrogen (secondary N) is 1. The summed E-state index contributed by atoms with van der Waals surface area (Å²) in [4.78, 5) is 14.7. The number of aromatic nitrogens is 4. The lowest BCUT2D eigenvalue weighted by atomic mass is 10.2. The molecule has 1 aliphatic rings. The van der Waals surface area contributed by atoms with E-state index in [0.717, 1.165) is 37.7 Å². The third kappa shape index (κ3) is 4.71. The largest absolute Gasteiger partial charge is 0.494 e. The molecule has 1 N–H and O–H groups in total. The number of tetrazole rings is 1. The predicted octanol–water partition coefficient (Wildman–Crippen LogP) is 2.24. The average molecular weight is 427 g/mol. The van der Waals surface area contributed by atoms with E-state index in [0.29, 0.717) is 16.6 Å². The van der Waals surface area contributed by atoms with Crippen molar-refractivity contribution in [1.29, 1.82) is 0 Å². The highest BCUT2D eigenvalue weighted by atomic mass is 32.2. The molecule has 1 aliphatic heterocycles. The van der Waals surface area contributed by atoms with Gasteiger partial charge in [-0.1, -0.05) is 23.9 Å². The van der Waals surface area contributed by atoms with Crippen molar-refractivity contribution in [2.24, 2.45) is 0 Å². The first-order valence-electron chi connectivity index (χ1n) is 9.52. The molecule has 2 aromatic carbocycles. The average Bonchev–Trinajstić information content (AvgIpc) is 3.27. The van der Waals surface area contributed by atoms with Crippen LogP contribution in [-0.4, -0.2) is 65.3 Å². The summed E-state index contributed by atoms with van der Waals surface area (Å²) in [6.45, 7) is 3.24. The molecular formula is C20H22N6O3S. The molecule has 0 radical (unpaired) electrons. The minimum Gasteiger partial charge on any atom is -0.494 e. The minimum absolute atomic E-state index is 0.131. The van der Waals surface area contributed by atoms with E-state index >= 15 is 0 Å². The number of benzene rings is 2. The van der Waals surface area contributed by atoms with Gasteiger partial charge < -0.3 is 19.7 Å². The molecule has 4 rings (SSSR count). The summed E-state index contributed by atoms with van der Waals surface area (Å²) in [6, 6.07) is 15.3. The Morgan fingerprint density at radius 3 is 2.70 bits per heavy atom. The minimum atomic E-state index is -0.131. The topological polar surface area (TPSA) is 94.4 Å². The van der Waals surface area contributed by atoms with Gasteiger partial charge in [0.25, 0.3) is 0 Å². The number of amides is 1. The van der Waals surface area contributed by atoms with Crippen molar-refractivity contribution >= 4 is 29.0 Å². The summed E-state index contributed by atoms with van der Waals surface area (Å²) in [5.41, 5.74) is 2.59. The number of ether oxygens (including phenoxy) is 2. The van der Waals surface area contributed by atoms with Crippen molar-refractivity contribution in [2.75, 3.05) is 49.4 Å². The Bertz CT molecular complexity index is 988. The smallest absolute Gasteiger partial charge is 0.234 e. The number of nitrogens with zero attached hydrogens (tertiary/aromatic N) is 5. The van der Waals surface area contributed by atoms with Crippen molar-refractivity contribution in [3.8, 4) is 11.4 Å². The lowest BCUT2D eigenvalue weighted by Crippen LogP contribution is -2.36. The van der Waals surface area contributed by atoms with E-state index in [9.17, 15) is 4.79 Å². The van der Waals surface area contributed by atoms with Crippen LogP contribution in [0.4, 0.5) is 11.4 Å². The number of carbonyl (C=O) groups excluding carboxylic acids is 1. The quantitative estimate of drug-likeness (QED) is 0.575. The lowest BCUT2D eigenvalue weighted by molar-refractivity contribution is -0.113. The van der Waals surface area contributed by atoms with E-state index in [1.54, 1.807) is 11.8 Å². The van der Waals surface area contributed by atoms with Crippen LogP contribution < -0.4 is 15.0 Å². The van der Waals surface area contributed by atoms with Crippen LogP contribution >= 0.6 is 11.8 Å². The molecule has 0 aliphatic carbocycles. The zero-order valence-corrected chi connectivity index (χ0v) is 17.3.